The Hall–Kier alpha value is -0.910. The minimum atomic E-state index is -0.347. The molecule has 2 unspecified atom stereocenters. The standard InChI is InChI=1S/C13H26N4O/c1-9(14-7-12(18)8-16(4)5)13-10(2)15-17(6)11(13)3/h9,12,14,18H,7-8H2,1-6H3. The molecule has 1 aromatic heterocycles. The van der Waals surface area contributed by atoms with Crippen LogP contribution in [-0.4, -0.2) is 53.1 Å². The topological polar surface area (TPSA) is 53.3 Å². The van der Waals surface area contributed by atoms with Gasteiger partial charge in [0.1, 0.15) is 0 Å². The van der Waals surface area contributed by atoms with Crippen LogP contribution < -0.4 is 5.32 Å². The number of nitrogens with zero attached hydrogens (tertiary/aromatic N) is 3. The van der Waals surface area contributed by atoms with Gasteiger partial charge in [-0.05, 0) is 34.9 Å². The van der Waals surface area contributed by atoms with Crippen molar-refractivity contribution in [3.63, 3.8) is 0 Å². The molecule has 18 heavy (non-hydrogen) atoms. The molecule has 2 atom stereocenters. The van der Waals surface area contributed by atoms with Gasteiger partial charge in [0.15, 0.2) is 0 Å². The predicted molar refractivity (Wildman–Crippen MR) is 73.7 cm³/mol. The summed E-state index contributed by atoms with van der Waals surface area (Å²) in [5.41, 5.74) is 3.46. The van der Waals surface area contributed by atoms with E-state index in [-0.39, 0.29) is 12.1 Å². The first-order valence-electron chi connectivity index (χ1n) is 6.39. The smallest absolute Gasteiger partial charge is 0.0791 e. The molecule has 0 saturated carbocycles. The summed E-state index contributed by atoms with van der Waals surface area (Å²) in [5, 5.41) is 17.6. The third-order valence-electron chi connectivity index (χ3n) is 3.23. The second-order valence-electron chi connectivity index (χ2n) is 5.25. The van der Waals surface area contributed by atoms with E-state index in [1.807, 2.05) is 37.6 Å². The number of aliphatic hydroxyl groups excluding tert-OH is 1. The van der Waals surface area contributed by atoms with Gasteiger partial charge in [-0.1, -0.05) is 0 Å². The van der Waals surface area contributed by atoms with E-state index >= 15 is 0 Å². The van der Waals surface area contributed by atoms with Crippen molar-refractivity contribution < 1.29 is 5.11 Å². The Kier molecular flexibility index (Phi) is 5.31. The summed E-state index contributed by atoms with van der Waals surface area (Å²) in [6, 6.07) is 0.204. The van der Waals surface area contributed by atoms with E-state index in [1.54, 1.807) is 0 Å². The molecule has 1 heterocycles. The van der Waals surface area contributed by atoms with E-state index in [1.165, 1.54) is 11.3 Å². The lowest BCUT2D eigenvalue weighted by Crippen LogP contribution is -2.36. The highest BCUT2D eigenvalue weighted by Gasteiger charge is 2.16. The summed E-state index contributed by atoms with van der Waals surface area (Å²) >= 11 is 0. The molecule has 0 saturated heterocycles. The Bertz CT molecular complexity index is 387. The maximum Gasteiger partial charge on any atom is 0.0791 e. The van der Waals surface area contributed by atoms with Crippen molar-refractivity contribution in [3.05, 3.63) is 17.0 Å². The molecule has 1 aromatic rings. The fourth-order valence-electron chi connectivity index (χ4n) is 2.32. The maximum atomic E-state index is 9.83. The Labute approximate surface area is 110 Å². The minimum Gasteiger partial charge on any atom is -0.390 e. The van der Waals surface area contributed by atoms with Gasteiger partial charge < -0.3 is 15.3 Å². The number of aryl methyl sites for hydroxylation is 2. The van der Waals surface area contributed by atoms with E-state index in [2.05, 4.69) is 24.3 Å². The molecular formula is C13H26N4O. The lowest BCUT2D eigenvalue weighted by molar-refractivity contribution is 0.132. The lowest BCUT2D eigenvalue weighted by atomic mass is 10.1. The summed E-state index contributed by atoms with van der Waals surface area (Å²) in [7, 11) is 5.88. The molecule has 0 radical (unpaired) electrons. The second-order valence-corrected chi connectivity index (χ2v) is 5.25. The fourth-order valence-corrected chi connectivity index (χ4v) is 2.32. The zero-order chi connectivity index (χ0) is 13.9. The molecule has 0 aliphatic carbocycles. The summed E-state index contributed by atoms with van der Waals surface area (Å²) in [5.74, 6) is 0. The van der Waals surface area contributed by atoms with Crippen LogP contribution in [0.2, 0.25) is 0 Å². The SMILES string of the molecule is Cc1nn(C)c(C)c1C(C)NCC(O)CN(C)C. The molecule has 104 valence electrons. The van der Waals surface area contributed by atoms with E-state index in [9.17, 15) is 5.11 Å². The molecule has 0 aromatic carbocycles. The van der Waals surface area contributed by atoms with Gasteiger partial charge in [-0.15, -0.1) is 0 Å². The molecule has 2 N–H and O–H groups in total. The van der Waals surface area contributed by atoms with Gasteiger partial charge in [-0.2, -0.15) is 5.10 Å². The van der Waals surface area contributed by atoms with Gasteiger partial charge in [-0.25, -0.2) is 0 Å². The number of rotatable bonds is 6. The Morgan fingerprint density at radius 1 is 1.39 bits per heavy atom. The van der Waals surface area contributed by atoms with E-state index in [4.69, 9.17) is 0 Å². The lowest BCUT2D eigenvalue weighted by Gasteiger charge is -2.20. The van der Waals surface area contributed by atoms with Crippen LogP contribution in [0, 0.1) is 13.8 Å². The van der Waals surface area contributed by atoms with Crippen molar-refractivity contribution in [1.29, 1.82) is 0 Å². The number of hydrogen-bond donors (Lipinski definition) is 2. The Morgan fingerprint density at radius 2 is 2.00 bits per heavy atom. The summed E-state index contributed by atoms with van der Waals surface area (Å²) < 4.78 is 1.90. The van der Waals surface area contributed by atoms with E-state index < -0.39 is 0 Å². The Morgan fingerprint density at radius 3 is 2.44 bits per heavy atom. The van der Waals surface area contributed by atoms with Crippen molar-refractivity contribution in [2.75, 3.05) is 27.2 Å². The van der Waals surface area contributed by atoms with Crippen LogP contribution in [0.5, 0.6) is 0 Å². The minimum absolute atomic E-state index is 0.204. The number of likely N-dealkylation sites (N-methyl/N-ethyl adjacent to an activating group) is 1. The summed E-state index contributed by atoms with van der Waals surface area (Å²) in [6.07, 6.45) is -0.347. The fraction of sp³-hybridized carbons (Fsp3) is 0.769. The first-order valence-corrected chi connectivity index (χ1v) is 6.39. The number of nitrogens with one attached hydrogen (secondary N) is 1. The highest BCUT2D eigenvalue weighted by Crippen LogP contribution is 2.20. The molecular weight excluding hydrogens is 228 g/mol. The largest absolute Gasteiger partial charge is 0.390 e. The van der Waals surface area contributed by atoms with Gasteiger partial charge in [0.2, 0.25) is 0 Å². The van der Waals surface area contributed by atoms with Crippen LogP contribution >= 0.6 is 0 Å². The van der Waals surface area contributed by atoms with Crippen LogP contribution in [0.4, 0.5) is 0 Å². The first kappa shape index (κ1) is 15.1. The molecule has 0 aliphatic rings. The van der Waals surface area contributed by atoms with Crippen LogP contribution in [0.1, 0.15) is 29.9 Å². The molecule has 0 spiro atoms. The first-order chi connectivity index (χ1) is 8.32. The summed E-state index contributed by atoms with van der Waals surface area (Å²) in [6.45, 7) is 7.47. The van der Waals surface area contributed by atoms with Crippen LogP contribution in [-0.2, 0) is 7.05 Å². The quantitative estimate of drug-likeness (QED) is 0.781. The van der Waals surface area contributed by atoms with Crippen molar-refractivity contribution in [2.24, 2.45) is 7.05 Å². The second kappa shape index (κ2) is 6.31. The third-order valence-corrected chi connectivity index (χ3v) is 3.23. The molecule has 1 rings (SSSR count). The zero-order valence-corrected chi connectivity index (χ0v) is 12.4. The molecule has 5 nitrogen and oxygen atoms in total. The monoisotopic (exact) mass is 254 g/mol. The van der Waals surface area contributed by atoms with Crippen LogP contribution in [0.25, 0.3) is 0 Å². The van der Waals surface area contributed by atoms with Gasteiger partial charge in [0.05, 0.1) is 11.8 Å². The van der Waals surface area contributed by atoms with Gasteiger partial charge in [-0.3, -0.25) is 4.68 Å². The average molecular weight is 254 g/mol. The number of aliphatic hydroxyl groups is 1. The number of hydrogen-bond acceptors (Lipinski definition) is 4. The maximum absolute atomic E-state index is 9.83. The highest BCUT2D eigenvalue weighted by molar-refractivity contribution is 5.27. The molecule has 0 bridgehead atoms. The van der Waals surface area contributed by atoms with Crippen molar-refractivity contribution >= 4 is 0 Å². The van der Waals surface area contributed by atoms with Gasteiger partial charge in [0.25, 0.3) is 0 Å². The molecule has 0 aliphatic heterocycles. The van der Waals surface area contributed by atoms with E-state index in [0.717, 1.165) is 5.69 Å². The predicted octanol–water partition coefficient (Wildman–Crippen LogP) is 0.610. The summed E-state index contributed by atoms with van der Waals surface area (Å²) in [4.78, 5) is 1.98. The Balaban J connectivity index is 2.57. The van der Waals surface area contributed by atoms with E-state index in [0.29, 0.717) is 13.1 Å². The van der Waals surface area contributed by atoms with Gasteiger partial charge >= 0.3 is 0 Å². The van der Waals surface area contributed by atoms with Gasteiger partial charge in [0, 0.05) is 37.4 Å². The molecule has 5 heteroatoms. The van der Waals surface area contributed by atoms with Crippen LogP contribution in [0.15, 0.2) is 0 Å². The third kappa shape index (κ3) is 3.80. The average Bonchev–Trinajstić information content (AvgIpc) is 2.49. The van der Waals surface area contributed by atoms with Crippen molar-refractivity contribution in [1.82, 2.24) is 20.0 Å². The normalized spacial score (nSPS) is 15.1. The highest BCUT2D eigenvalue weighted by atomic mass is 16.3. The zero-order valence-electron chi connectivity index (χ0n) is 12.4. The molecule has 0 amide bonds. The number of aromatic nitrogens is 2. The van der Waals surface area contributed by atoms with Crippen molar-refractivity contribution in [2.45, 2.75) is 32.9 Å². The molecule has 0 fully saturated rings. The van der Waals surface area contributed by atoms with Crippen molar-refractivity contribution in [3.8, 4) is 0 Å². The van der Waals surface area contributed by atoms with Crippen LogP contribution in [0.3, 0.4) is 0 Å².